The Bertz CT molecular complexity index is 1190. The van der Waals surface area contributed by atoms with Crippen LogP contribution < -0.4 is 4.90 Å². The molecule has 182 valence electrons. The van der Waals surface area contributed by atoms with Gasteiger partial charge in [-0.25, -0.2) is 4.90 Å². The molecule has 1 aliphatic heterocycles. The number of benzene rings is 3. The second kappa shape index (κ2) is 11.4. The number of amides is 2. The Morgan fingerprint density at radius 3 is 2.23 bits per heavy atom. The third-order valence-electron chi connectivity index (χ3n) is 6.23. The number of para-hydroxylation sites is 1. The molecule has 1 saturated heterocycles. The number of hydrogen-bond acceptors (Lipinski definition) is 4. The summed E-state index contributed by atoms with van der Waals surface area (Å²) in [4.78, 5) is 31.6. The Balaban J connectivity index is 1.82. The second-order valence-corrected chi connectivity index (χ2v) is 9.53. The third kappa shape index (κ3) is 5.76. The molecular formula is C28H28Cl2N2O3. The fraction of sp³-hybridized carbons (Fsp3) is 0.286. The summed E-state index contributed by atoms with van der Waals surface area (Å²) in [5.74, 6) is -0.628. The van der Waals surface area contributed by atoms with Crippen molar-refractivity contribution in [3.05, 3.63) is 99.0 Å². The molecule has 4 rings (SSSR count). The van der Waals surface area contributed by atoms with Gasteiger partial charge in [0.15, 0.2) is 0 Å². The van der Waals surface area contributed by atoms with Gasteiger partial charge in [-0.3, -0.25) is 14.5 Å². The summed E-state index contributed by atoms with van der Waals surface area (Å²) in [5, 5.41) is 0.873. The largest absolute Gasteiger partial charge is 0.379 e. The lowest BCUT2D eigenvalue weighted by Gasteiger charge is -2.37. The van der Waals surface area contributed by atoms with Crippen molar-refractivity contribution in [2.45, 2.75) is 26.3 Å². The highest BCUT2D eigenvalue weighted by atomic mass is 35.5. The molecule has 3 aromatic carbocycles. The Morgan fingerprint density at radius 2 is 1.60 bits per heavy atom. The van der Waals surface area contributed by atoms with Crippen molar-refractivity contribution in [2.75, 3.05) is 31.2 Å². The van der Waals surface area contributed by atoms with E-state index in [1.54, 1.807) is 18.2 Å². The van der Waals surface area contributed by atoms with Gasteiger partial charge in [0.1, 0.15) is 6.04 Å². The number of rotatable bonds is 6. The summed E-state index contributed by atoms with van der Waals surface area (Å²) in [6.07, 6.45) is 0.102. The number of halogens is 2. The number of aryl methyl sites for hydroxylation is 2. The number of carbonyl (C=O) groups is 2. The maximum absolute atomic E-state index is 14.4. The summed E-state index contributed by atoms with van der Waals surface area (Å²) in [5.41, 5.74) is 3.77. The van der Waals surface area contributed by atoms with E-state index in [2.05, 4.69) is 0 Å². The van der Waals surface area contributed by atoms with Gasteiger partial charge in [-0.05, 0) is 48.2 Å². The van der Waals surface area contributed by atoms with E-state index in [1.165, 1.54) is 4.90 Å². The zero-order chi connectivity index (χ0) is 24.9. The molecule has 1 fully saturated rings. The minimum atomic E-state index is -0.762. The molecule has 0 unspecified atom stereocenters. The van der Waals surface area contributed by atoms with Gasteiger partial charge in [-0.15, -0.1) is 0 Å². The number of carbonyl (C=O) groups excluding carboxylic acids is 2. The molecule has 0 aromatic heterocycles. The first kappa shape index (κ1) is 25.4. The van der Waals surface area contributed by atoms with Crippen LogP contribution in [0.1, 0.15) is 28.3 Å². The molecule has 7 heteroatoms. The number of anilines is 1. The van der Waals surface area contributed by atoms with Crippen molar-refractivity contribution in [1.29, 1.82) is 0 Å². The summed E-state index contributed by atoms with van der Waals surface area (Å²) < 4.78 is 5.54. The zero-order valence-corrected chi connectivity index (χ0v) is 21.4. The summed E-state index contributed by atoms with van der Waals surface area (Å²) >= 11 is 12.8. The van der Waals surface area contributed by atoms with Crippen LogP contribution in [0.3, 0.4) is 0 Å². The molecule has 1 atom stereocenters. The molecule has 0 N–H and O–H groups in total. The maximum Gasteiger partial charge on any atom is 0.255 e. The van der Waals surface area contributed by atoms with Crippen molar-refractivity contribution < 1.29 is 14.3 Å². The van der Waals surface area contributed by atoms with Crippen LogP contribution in [0.15, 0.2) is 66.7 Å². The van der Waals surface area contributed by atoms with Gasteiger partial charge in [0.05, 0.1) is 25.3 Å². The standard InChI is InChI=1S/C28H28Cl2N2O3/c1-19-7-6-8-20(2)26(19)32(25(33)17-21-9-4-3-5-10-21)28(34)27(31-13-15-35-16-14-31)23-12-11-22(29)18-24(23)30/h3-12,18,27H,13-17H2,1-2H3/t27-/m0/s1. The van der Waals surface area contributed by atoms with E-state index in [-0.39, 0.29) is 18.2 Å². The first-order chi connectivity index (χ1) is 16.9. The van der Waals surface area contributed by atoms with E-state index in [1.807, 2.05) is 67.3 Å². The van der Waals surface area contributed by atoms with E-state index in [0.29, 0.717) is 47.6 Å². The Labute approximate surface area is 216 Å². The first-order valence-electron chi connectivity index (χ1n) is 11.6. The smallest absolute Gasteiger partial charge is 0.255 e. The lowest BCUT2D eigenvalue weighted by atomic mass is 10.00. The third-order valence-corrected chi connectivity index (χ3v) is 6.80. The molecule has 0 bridgehead atoms. The molecule has 0 saturated carbocycles. The average Bonchev–Trinajstić information content (AvgIpc) is 2.84. The highest BCUT2D eigenvalue weighted by molar-refractivity contribution is 6.35. The van der Waals surface area contributed by atoms with Crippen LogP contribution in [0.4, 0.5) is 5.69 Å². The molecular weight excluding hydrogens is 483 g/mol. The van der Waals surface area contributed by atoms with Crippen LogP contribution in [0.2, 0.25) is 10.0 Å². The van der Waals surface area contributed by atoms with E-state index >= 15 is 0 Å². The van der Waals surface area contributed by atoms with Crippen molar-refractivity contribution >= 4 is 40.7 Å². The van der Waals surface area contributed by atoms with Gasteiger partial charge in [0, 0.05) is 23.1 Å². The fourth-order valence-corrected chi connectivity index (χ4v) is 5.04. The normalized spacial score (nSPS) is 15.0. The van der Waals surface area contributed by atoms with Crippen LogP contribution in [0, 0.1) is 13.8 Å². The van der Waals surface area contributed by atoms with Crippen molar-refractivity contribution in [1.82, 2.24) is 4.90 Å². The number of nitrogens with zero attached hydrogens (tertiary/aromatic N) is 2. The molecule has 1 aliphatic rings. The Kier molecular flexibility index (Phi) is 8.24. The molecule has 0 aliphatic carbocycles. The van der Waals surface area contributed by atoms with Gasteiger partial charge in [-0.2, -0.15) is 0 Å². The number of hydrogen-bond donors (Lipinski definition) is 0. The predicted octanol–water partition coefficient (Wildman–Crippen LogP) is 5.79. The van der Waals surface area contributed by atoms with Crippen LogP contribution in [0.25, 0.3) is 0 Å². The monoisotopic (exact) mass is 510 g/mol. The Hall–Kier alpha value is -2.70. The predicted molar refractivity (Wildman–Crippen MR) is 140 cm³/mol. The maximum atomic E-state index is 14.4. The number of morpholine rings is 1. The average molecular weight is 511 g/mol. The van der Waals surface area contributed by atoms with E-state index in [9.17, 15) is 9.59 Å². The van der Waals surface area contributed by atoms with Crippen LogP contribution in [0.5, 0.6) is 0 Å². The molecule has 35 heavy (non-hydrogen) atoms. The topological polar surface area (TPSA) is 49.9 Å². The minimum Gasteiger partial charge on any atom is -0.379 e. The molecule has 1 heterocycles. The van der Waals surface area contributed by atoms with E-state index in [0.717, 1.165) is 16.7 Å². The second-order valence-electron chi connectivity index (χ2n) is 8.69. The van der Waals surface area contributed by atoms with Crippen molar-refractivity contribution in [3.8, 4) is 0 Å². The molecule has 3 aromatic rings. The van der Waals surface area contributed by atoms with Crippen LogP contribution >= 0.6 is 23.2 Å². The van der Waals surface area contributed by atoms with Gasteiger partial charge >= 0.3 is 0 Å². The van der Waals surface area contributed by atoms with Gasteiger partial charge < -0.3 is 4.74 Å². The van der Waals surface area contributed by atoms with Crippen LogP contribution in [-0.4, -0.2) is 43.0 Å². The lowest BCUT2D eigenvalue weighted by molar-refractivity contribution is -0.131. The summed E-state index contributed by atoms with van der Waals surface area (Å²) in [7, 11) is 0. The molecule has 5 nitrogen and oxygen atoms in total. The zero-order valence-electron chi connectivity index (χ0n) is 19.8. The fourth-order valence-electron chi connectivity index (χ4n) is 4.53. The number of imide groups is 1. The first-order valence-corrected chi connectivity index (χ1v) is 12.4. The van der Waals surface area contributed by atoms with E-state index < -0.39 is 6.04 Å². The van der Waals surface area contributed by atoms with Crippen molar-refractivity contribution in [3.63, 3.8) is 0 Å². The summed E-state index contributed by atoms with van der Waals surface area (Å²) in [6.45, 7) is 5.91. The SMILES string of the molecule is Cc1cccc(C)c1N(C(=O)Cc1ccccc1)C(=O)[C@H](c1ccc(Cl)cc1Cl)N1CCOCC1. The molecule has 2 amide bonds. The lowest BCUT2D eigenvalue weighted by Crippen LogP contribution is -2.50. The minimum absolute atomic E-state index is 0.102. The van der Waals surface area contributed by atoms with Crippen molar-refractivity contribution in [2.24, 2.45) is 0 Å². The van der Waals surface area contributed by atoms with Crippen LogP contribution in [-0.2, 0) is 20.7 Å². The molecule has 0 spiro atoms. The number of ether oxygens (including phenoxy) is 1. The van der Waals surface area contributed by atoms with Gasteiger partial charge in [0.25, 0.3) is 5.91 Å². The van der Waals surface area contributed by atoms with E-state index in [4.69, 9.17) is 27.9 Å². The quantitative estimate of drug-likeness (QED) is 0.421. The summed E-state index contributed by atoms with van der Waals surface area (Å²) in [6, 6.07) is 19.6. The molecule has 0 radical (unpaired) electrons. The Morgan fingerprint density at radius 1 is 0.943 bits per heavy atom. The van der Waals surface area contributed by atoms with Gasteiger partial charge in [0.2, 0.25) is 5.91 Å². The highest BCUT2D eigenvalue weighted by Gasteiger charge is 2.38. The highest BCUT2D eigenvalue weighted by Crippen LogP contribution is 2.35. The van der Waals surface area contributed by atoms with Gasteiger partial charge in [-0.1, -0.05) is 77.8 Å².